The Kier molecular flexibility index (Phi) is 66.6. The molecule has 0 rings (SSSR count). The molecule has 0 saturated heterocycles. The molecule has 0 N–H and O–H groups in total. The van der Waals surface area contributed by atoms with Gasteiger partial charge < -0.3 is 14.2 Å². The van der Waals surface area contributed by atoms with Crippen molar-refractivity contribution in [2.24, 2.45) is 0 Å². The topological polar surface area (TPSA) is 78.9 Å². The number of carbonyl (C=O) groups excluding carboxylic acids is 3. The molecular weight excluding hydrogens is 997 g/mol. The van der Waals surface area contributed by atoms with Gasteiger partial charge in [-0.05, 0) is 116 Å². The van der Waals surface area contributed by atoms with Gasteiger partial charge >= 0.3 is 17.9 Å². The van der Waals surface area contributed by atoms with Crippen LogP contribution in [0.15, 0.2) is 72.9 Å². The highest BCUT2D eigenvalue weighted by Crippen LogP contribution is 2.17. The average Bonchev–Trinajstić information content (AvgIpc) is 3.47. The van der Waals surface area contributed by atoms with Crippen LogP contribution < -0.4 is 0 Å². The summed E-state index contributed by atoms with van der Waals surface area (Å²) in [5.74, 6) is -0.874. The van der Waals surface area contributed by atoms with Crippen molar-refractivity contribution < 1.29 is 28.6 Å². The number of allylic oxidation sites excluding steroid dienone is 12. The van der Waals surface area contributed by atoms with Crippen molar-refractivity contribution in [2.45, 2.75) is 374 Å². The van der Waals surface area contributed by atoms with E-state index in [0.29, 0.717) is 19.3 Å². The highest BCUT2D eigenvalue weighted by atomic mass is 16.6. The molecule has 0 aromatic rings. The summed E-state index contributed by atoms with van der Waals surface area (Å²) in [6.45, 7) is 6.64. The summed E-state index contributed by atoms with van der Waals surface area (Å²) < 4.78 is 17.0. The number of hydrogen-bond donors (Lipinski definition) is 0. The molecule has 0 amide bonds. The average molecular weight is 1130 g/mol. The Balaban J connectivity index is 4.35. The van der Waals surface area contributed by atoms with Crippen molar-refractivity contribution in [3.05, 3.63) is 72.9 Å². The van der Waals surface area contributed by atoms with Crippen molar-refractivity contribution in [3.8, 4) is 0 Å². The molecule has 0 spiro atoms. The van der Waals surface area contributed by atoms with Crippen molar-refractivity contribution in [1.82, 2.24) is 0 Å². The van der Waals surface area contributed by atoms with Crippen LogP contribution in [0.3, 0.4) is 0 Å². The lowest BCUT2D eigenvalue weighted by molar-refractivity contribution is -0.167. The molecule has 0 aromatic carbocycles. The van der Waals surface area contributed by atoms with Crippen LogP contribution in [0, 0.1) is 0 Å². The zero-order valence-electron chi connectivity index (χ0n) is 54.1. The number of rotatable bonds is 65. The third kappa shape index (κ3) is 67.5. The summed E-state index contributed by atoms with van der Waals surface area (Å²) in [6, 6.07) is 0. The summed E-state index contributed by atoms with van der Waals surface area (Å²) >= 11 is 0. The third-order valence-electron chi connectivity index (χ3n) is 15.7. The van der Waals surface area contributed by atoms with Crippen LogP contribution in [0.25, 0.3) is 0 Å². The smallest absolute Gasteiger partial charge is 0.306 e. The van der Waals surface area contributed by atoms with Gasteiger partial charge in [0.25, 0.3) is 0 Å². The quantitative estimate of drug-likeness (QED) is 0.0261. The van der Waals surface area contributed by atoms with E-state index < -0.39 is 6.10 Å². The van der Waals surface area contributed by atoms with Gasteiger partial charge in [0.15, 0.2) is 6.10 Å². The van der Waals surface area contributed by atoms with Gasteiger partial charge in [-0.2, -0.15) is 0 Å². The Morgan fingerprint density at radius 3 is 0.728 bits per heavy atom. The SMILES string of the molecule is CCCCC/C=C\C/C=C\C/C=C\CCCCCCCCC(=O)OC(COC(=O)CCCCCCCCCCC/C=C\CCCCCCCC)COC(=O)CCCCCCCCCCCCCCC/C=C\C/C=C\CCCCCCC. The van der Waals surface area contributed by atoms with Gasteiger partial charge in [0.05, 0.1) is 0 Å². The van der Waals surface area contributed by atoms with E-state index in [1.165, 1.54) is 238 Å². The summed E-state index contributed by atoms with van der Waals surface area (Å²) in [4.78, 5) is 38.5. The molecule has 0 saturated carbocycles. The zero-order valence-corrected chi connectivity index (χ0v) is 54.1. The van der Waals surface area contributed by atoms with Crippen LogP contribution >= 0.6 is 0 Å². The lowest BCUT2D eigenvalue weighted by atomic mass is 10.0. The molecule has 0 fully saturated rings. The lowest BCUT2D eigenvalue weighted by Gasteiger charge is -2.18. The molecule has 0 radical (unpaired) electrons. The number of ether oxygens (including phenoxy) is 3. The monoisotopic (exact) mass is 1130 g/mol. The van der Waals surface area contributed by atoms with Gasteiger partial charge in [0, 0.05) is 19.3 Å². The van der Waals surface area contributed by atoms with E-state index in [4.69, 9.17) is 14.2 Å². The Bertz CT molecular complexity index is 1490. The minimum Gasteiger partial charge on any atom is -0.462 e. The molecule has 0 bridgehead atoms. The minimum absolute atomic E-state index is 0.0795. The fourth-order valence-electron chi connectivity index (χ4n) is 10.3. The molecule has 0 aromatic heterocycles. The van der Waals surface area contributed by atoms with E-state index in [-0.39, 0.29) is 31.1 Å². The summed E-state index contributed by atoms with van der Waals surface area (Å²) in [7, 11) is 0. The summed E-state index contributed by atoms with van der Waals surface area (Å²) in [5, 5.41) is 0. The van der Waals surface area contributed by atoms with E-state index in [0.717, 1.165) is 89.9 Å². The van der Waals surface area contributed by atoms with E-state index in [1.807, 2.05) is 0 Å². The first-order valence-electron chi connectivity index (χ1n) is 35.4. The maximum atomic E-state index is 13.0. The van der Waals surface area contributed by atoms with Gasteiger partial charge in [0.1, 0.15) is 13.2 Å². The first kappa shape index (κ1) is 77.9. The Morgan fingerprint density at radius 1 is 0.247 bits per heavy atom. The standard InChI is InChI=1S/C75H134O6/c1-4-7-10-13-16-19-22-25-28-31-34-35-36-37-38-39-42-44-47-50-53-56-59-62-65-68-74(77)80-71-72(81-75(78)69-66-63-60-57-54-51-48-45-41-33-30-27-24-21-18-15-12-9-6-3)70-79-73(76)67-64-61-58-55-52-49-46-43-40-32-29-26-23-20-17-14-11-8-5-2/h18,21-22,25-27,29-31,34,41,45,72H,4-17,19-20,23-24,28,32-33,35-40,42-44,46-71H2,1-3H3/b21-18-,25-22-,29-26-,30-27-,34-31-,45-41-. The molecular formula is C75H134O6. The third-order valence-corrected chi connectivity index (χ3v) is 15.7. The Labute approximate surface area is 503 Å². The predicted octanol–water partition coefficient (Wildman–Crippen LogP) is 24.4. The highest BCUT2D eigenvalue weighted by molar-refractivity contribution is 5.71. The molecule has 0 aliphatic heterocycles. The van der Waals surface area contributed by atoms with Crippen LogP contribution in [0.1, 0.15) is 367 Å². The van der Waals surface area contributed by atoms with E-state index in [2.05, 4.69) is 93.7 Å². The number of unbranched alkanes of at least 4 members (excludes halogenated alkanes) is 42. The molecule has 470 valence electrons. The van der Waals surface area contributed by atoms with Gasteiger partial charge in [0.2, 0.25) is 0 Å². The lowest BCUT2D eigenvalue weighted by Crippen LogP contribution is -2.30. The number of esters is 3. The molecule has 0 aliphatic rings. The second kappa shape index (κ2) is 69.3. The summed E-state index contributed by atoms with van der Waals surface area (Å²) in [5.41, 5.74) is 0. The molecule has 1 unspecified atom stereocenters. The molecule has 0 aliphatic carbocycles. The van der Waals surface area contributed by atoms with Crippen LogP contribution in [0.5, 0.6) is 0 Å². The maximum Gasteiger partial charge on any atom is 0.306 e. The van der Waals surface area contributed by atoms with E-state index >= 15 is 0 Å². The first-order valence-corrected chi connectivity index (χ1v) is 35.4. The van der Waals surface area contributed by atoms with Crippen molar-refractivity contribution >= 4 is 17.9 Å². The normalized spacial score (nSPS) is 12.5. The molecule has 1 atom stereocenters. The van der Waals surface area contributed by atoms with Crippen LogP contribution in [-0.4, -0.2) is 37.2 Å². The minimum atomic E-state index is -0.785. The van der Waals surface area contributed by atoms with Gasteiger partial charge in [-0.1, -0.05) is 306 Å². The molecule has 6 nitrogen and oxygen atoms in total. The van der Waals surface area contributed by atoms with Crippen LogP contribution in [0.4, 0.5) is 0 Å². The van der Waals surface area contributed by atoms with Gasteiger partial charge in [-0.25, -0.2) is 0 Å². The largest absolute Gasteiger partial charge is 0.462 e. The molecule has 6 heteroatoms. The Morgan fingerprint density at radius 2 is 0.444 bits per heavy atom. The van der Waals surface area contributed by atoms with Gasteiger partial charge in [-0.3, -0.25) is 14.4 Å². The fraction of sp³-hybridized carbons (Fsp3) is 0.800. The first-order chi connectivity index (χ1) is 40.0. The zero-order chi connectivity index (χ0) is 58.5. The second-order valence-corrected chi connectivity index (χ2v) is 23.8. The number of hydrogen-bond acceptors (Lipinski definition) is 6. The second-order valence-electron chi connectivity index (χ2n) is 23.8. The van der Waals surface area contributed by atoms with Crippen LogP contribution in [0.2, 0.25) is 0 Å². The number of carbonyl (C=O) groups is 3. The summed E-state index contributed by atoms with van der Waals surface area (Å²) in [6.07, 6.45) is 90.6. The van der Waals surface area contributed by atoms with Crippen molar-refractivity contribution in [2.75, 3.05) is 13.2 Å². The van der Waals surface area contributed by atoms with Crippen LogP contribution in [-0.2, 0) is 28.6 Å². The van der Waals surface area contributed by atoms with E-state index in [1.54, 1.807) is 0 Å². The van der Waals surface area contributed by atoms with Gasteiger partial charge in [-0.15, -0.1) is 0 Å². The highest BCUT2D eigenvalue weighted by Gasteiger charge is 2.19. The predicted molar refractivity (Wildman–Crippen MR) is 353 cm³/mol. The maximum absolute atomic E-state index is 13.0. The van der Waals surface area contributed by atoms with E-state index in [9.17, 15) is 14.4 Å². The fourth-order valence-corrected chi connectivity index (χ4v) is 10.3. The molecule has 0 heterocycles. The van der Waals surface area contributed by atoms with Crippen molar-refractivity contribution in [1.29, 1.82) is 0 Å². The Hall–Kier alpha value is -3.15. The van der Waals surface area contributed by atoms with Crippen molar-refractivity contribution in [3.63, 3.8) is 0 Å². The molecule has 81 heavy (non-hydrogen) atoms.